The second-order valence-corrected chi connectivity index (χ2v) is 9.98. The molecule has 4 aromatic rings. The summed E-state index contributed by atoms with van der Waals surface area (Å²) in [6.07, 6.45) is 0.878. The summed E-state index contributed by atoms with van der Waals surface area (Å²) in [4.78, 5) is 34.5. The van der Waals surface area contributed by atoms with E-state index in [1.165, 1.54) is 10.4 Å². The fraction of sp³-hybridized carbons (Fsp3) is 0.308. The Morgan fingerprint density at radius 1 is 1.18 bits per heavy atom. The number of pyridine rings is 1. The van der Waals surface area contributed by atoms with E-state index < -0.39 is 0 Å². The molecule has 2 amide bonds. The van der Waals surface area contributed by atoms with Gasteiger partial charge in [0.1, 0.15) is 0 Å². The van der Waals surface area contributed by atoms with E-state index in [2.05, 4.69) is 26.9 Å². The fourth-order valence-corrected chi connectivity index (χ4v) is 5.26. The van der Waals surface area contributed by atoms with Crippen LogP contribution in [0.15, 0.2) is 40.2 Å². The van der Waals surface area contributed by atoms with Gasteiger partial charge in [-0.25, -0.2) is 4.98 Å². The van der Waals surface area contributed by atoms with E-state index in [0.717, 1.165) is 17.7 Å². The van der Waals surface area contributed by atoms with Gasteiger partial charge in [-0.05, 0) is 67.0 Å². The van der Waals surface area contributed by atoms with Gasteiger partial charge in [-0.15, -0.1) is 11.3 Å². The number of aromatic nitrogens is 2. The maximum Gasteiger partial charge on any atom is 0.259 e. The zero-order chi connectivity index (χ0) is 24.0. The summed E-state index contributed by atoms with van der Waals surface area (Å²) >= 11 is 1.75. The van der Waals surface area contributed by atoms with Crippen molar-refractivity contribution < 1.29 is 14.1 Å². The largest absolute Gasteiger partial charge is 0.336 e. The van der Waals surface area contributed by atoms with Crippen molar-refractivity contribution in [1.29, 1.82) is 0 Å². The number of fused-ring (bicyclic) bond motifs is 2. The molecule has 1 aliphatic rings. The van der Waals surface area contributed by atoms with E-state index in [1.807, 2.05) is 43.9 Å². The predicted octanol–water partition coefficient (Wildman–Crippen LogP) is 5.48. The lowest BCUT2D eigenvalue weighted by Crippen LogP contribution is -2.35. The number of rotatable bonds is 4. The first kappa shape index (κ1) is 22.3. The van der Waals surface area contributed by atoms with Crippen molar-refractivity contribution in [1.82, 2.24) is 15.0 Å². The zero-order valence-electron chi connectivity index (χ0n) is 19.6. The normalized spacial score (nSPS) is 13.4. The molecule has 0 spiro atoms. The van der Waals surface area contributed by atoms with Gasteiger partial charge in [0.25, 0.3) is 17.5 Å². The topological polar surface area (TPSA) is 88.3 Å². The summed E-state index contributed by atoms with van der Waals surface area (Å²) in [5.74, 6) is -0.180. The van der Waals surface area contributed by atoms with Crippen LogP contribution in [0.5, 0.6) is 0 Å². The first-order valence-electron chi connectivity index (χ1n) is 11.4. The Bertz CT molecular complexity index is 1420. The Kier molecular flexibility index (Phi) is 5.69. The third kappa shape index (κ3) is 3.88. The lowest BCUT2D eigenvalue weighted by Gasteiger charge is -2.28. The van der Waals surface area contributed by atoms with Crippen LogP contribution in [-0.4, -0.2) is 33.4 Å². The highest BCUT2D eigenvalue weighted by Crippen LogP contribution is 2.29. The molecule has 0 fully saturated rings. The van der Waals surface area contributed by atoms with Gasteiger partial charge in [-0.1, -0.05) is 25.1 Å². The highest BCUT2D eigenvalue weighted by molar-refractivity contribution is 7.10. The Labute approximate surface area is 201 Å². The average Bonchev–Trinajstić information content (AvgIpc) is 3.45. The SMILES string of the molecule is Cc1c(NC(=O)c2cc(C(C)C)nc3onc(C)c23)cccc1C(=O)N1CCc2sccc2C1. The van der Waals surface area contributed by atoms with Crippen molar-refractivity contribution >= 4 is 39.9 Å². The highest BCUT2D eigenvalue weighted by atomic mass is 32.1. The van der Waals surface area contributed by atoms with E-state index in [0.29, 0.717) is 46.7 Å². The number of carbonyl (C=O) groups excluding carboxylic acids is 2. The summed E-state index contributed by atoms with van der Waals surface area (Å²) in [6, 6.07) is 9.34. The summed E-state index contributed by atoms with van der Waals surface area (Å²) in [5.41, 5.74) is 5.35. The van der Waals surface area contributed by atoms with E-state index >= 15 is 0 Å². The van der Waals surface area contributed by atoms with Crippen molar-refractivity contribution in [3.05, 3.63) is 74.2 Å². The van der Waals surface area contributed by atoms with E-state index in [9.17, 15) is 9.59 Å². The predicted molar refractivity (Wildman–Crippen MR) is 133 cm³/mol. The van der Waals surface area contributed by atoms with Crippen molar-refractivity contribution in [2.24, 2.45) is 0 Å². The van der Waals surface area contributed by atoms with Crippen LogP contribution in [0.2, 0.25) is 0 Å². The molecule has 0 atom stereocenters. The van der Waals surface area contributed by atoms with Crippen molar-refractivity contribution in [3.63, 3.8) is 0 Å². The maximum absolute atomic E-state index is 13.4. The number of benzene rings is 1. The summed E-state index contributed by atoms with van der Waals surface area (Å²) in [5, 5.41) is 9.69. The molecular formula is C26H26N4O3S. The van der Waals surface area contributed by atoms with Gasteiger partial charge in [0.2, 0.25) is 0 Å². The van der Waals surface area contributed by atoms with Crippen molar-refractivity contribution in [2.75, 3.05) is 11.9 Å². The van der Waals surface area contributed by atoms with Gasteiger partial charge >= 0.3 is 0 Å². The van der Waals surface area contributed by atoms with Crippen LogP contribution in [0.4, 0.5) is 5.69 Å². The van der Waals surface area contributed by atoms with Crippen LogP contribution in [-0.2, 0) is 13.0 Å². The van der Waals surface area contributed by atoms with E-state index in [1.54, 1.807) is 24.3 Å². The molecule has 8 heteroatoms. The molecule has 1 aromatic carbocycles. The number of carbonyl (C=O) groups is 2. The smallest absolute Gasteiger partial charge is 0.259 e. The summed E-state index contributed by atoms with van der Waals surface area (Å²) < 4.78 is 5.35. The van der Waals surface area contributed by atoms with Crippen molar-refractivity contribution in [3.8, 4) is 0 Å². The lowest BCUT2D eigenvalue weighted by atomic mass is 10.0. The van der Waals surface area contributed by atoms with Crippen LogP contribution >= 0.6 is 11.3 Å². The summed E-state index contributed by atoms with van der Waals surface area (Å²) in [6.45, 7) is 9.00. The van der Waals surface area contributed by atoms with E-state index in [4.69, 9.17) is 4.52 Å². The molecule has 1 N–H and O–H groups in total. The maximum atomic E-state index is 13.4. The molecule has 7 nitrogen and oxygen atoms in total. The average molecular weight is 475 g/mol. The quantitative estimate of drug-likeness (QED) is 0.423. The monoisotopic (exact) mass is 474 g/mol. The third-order valence-corrected chi connectivity index (χ3v) is 7.40. The standard InChI is InChI=1S/C26H26N4O3S/c1-14(2)21-12-19(23-16(4)29-33-25(23)28-21)24(31)27-20-7-5-6-18(15(20)3)26(32)30-10-8-22-17(13-30)9-11-34-22/h5-7,9,11-12,14H,8,10,13H2,1-4H3,(H,27,31). The molecule has 0 aliphatic carbocycles. The molecule has 0 unspecified atom stereocenters. The minimum Gasteiger partial charge on any atom is -0.336 e. The molecule has 34 heavy (non-hydrogen) atoms. The summed E-state index contributed by atoms with van der Waals surface area (Å²) in [7, 11) is 0. The van der Waals surface area contributed by atoms with E-state index in [-0.39, 0.29) is 17.7 Å². The Balaban J connectivity index is 1.44. The number of thiophene rings is 1. The second kappa shape index (κ2) is 8.68. The van der Waals surface area contributed by atoms with Crippen molar-refractivity contribution in [2.45, 2.75) is 46.6 Å². The van der Waals surface area contributed by atoms with Gasteiger partial charge in [0.05, 0.1) is 16.6 Å². The molecule has 0 saturated heterocycles. The fourth-order valence-electron chi connectivity index (χ4n) is 4.37. The van der Waals surface area contributed by atoms with Crippen LogP contribution in [0.3, 0.4) is 0 Å². The van der Waals surface area contributed by atoms with Gasteiger partial charge < -0.3 is 14.7 Å². The molecule has 0 radical (unpaired) electrons. The lowest BCUT2D eigenvalue weighted by molar-refractivity contribution is 0.0735. The zero-order valence-corrected chi connectivity index (χ0v) is 20.5. The third-order valence-electron chi connectivity index (χ3n) is 6.38. The number of amides is 2. The van der Waals surface area contributed by atoms with Gasteiger partial charge in [0.15, 0.2) is 0 Å². The van der Waals surface area contributed by atoms with Gasteiger partial charge in [-0.2, -0.15) is 0 Å². The number of hydrogen-bond donors (Lipinski definition) is 1. The minimum atomic E-state index is -0.283. The number of anilines is 1. The Morgan fingerprint density at radius 2 is 2.00 bits per heavy atom. The highest BCUT2D eigenvalue weighted by Gasteiger charge is 2.25. The van der Waals surface area contributed by atoms with Crippen LogP contribution in [0, 0.1) is 13.8 Å². The second-order valence-electron chi connectivity index (χ2n) is 8.98. The van der Waals surface area contributed by atoms with Crippen LogP contribution in [0.25, 0.3) is 11.1 Å². The Morgan fingerprint density at radius 3 is 2.79 bits per heavy atom. The number of nitrogens with zero attached hydrogens (tertiary/aromatic N) is 3. The van der Waals surface area contributed by atoms with Gasteiger partial charge in [-0.3, -0.25) is 9.59 Å². The minimum absolute atomic E-state index is 0.0197. The molecule has 0 saturated carbocycles. The molecule has 5 rings (SSSR count). The molecule has 0 bridgehead atoms. The molecule has 4 heterocycles. The van der Waals surface area contributed by atoms with Crippen LogP contribution in [0.1, 0.15) is 67.9 Å². The molecular weight excluding hydrogens is 448 g/mol. The molecule has 174 valence electrons. The molecule has 1 aliphatic heterocycles. The van der Waals surface area contributed by atoms with Crippen LogP contribution < -0.4 is 5.32 Å². The van der Waals surface area contributed by atoms with Gasteiger partial charge in [0, 0.05) is 34.9 Å². The first-order chi connectivity index (χ1) is 16.3. The number of aryl methyl sites for hydroxylation is 1. The number of hydrogen-bond acceptors (Lipinski definition) is 6. The Hall–Kier alpha value is -3.52. The first-order valence-corrected chi connectivity index (χ1v) is 12.2. The molecule has 3 aromatic heterocycles. The number of nitrogens with one attached hydrogen (secondary N) is 1.